The molecule has 0 saturated heterocycles. The number of hydrogen-bond donors (Lipinski definition) is 1. The van der Waals surface area contributed by atoms with Crippen LogP contribution in [0.3, 0.4) is 0 Å². The van der Waals surface area contributed by atoms with Crippen molar-refractivity contribution in [3.63, 3.8) is 0 Å². The van der Waals surface area contributed by atoms with Crippen molar-refractivity contribution in [2.75, 3.05) is 5.73 Å². The standard InChI is InChI=1S/C12H14ClN/c1-8(9-3-2-4-9)10-5-6-11(13)12(14)7-10/h5-7,9H,1-4,14H2. The van der Waals surface area contributed by atoms with E-state index in [1.807, 2.05) is 18.2 Å². The van der Waals surface area contributed by atoms with Gasteiger partial charge in [0, 0.05) is 0 Å². The van der Waals surface area contributed by atoms with Crippen molar-refractivity contribution in [1.82, 2.24) is 0 Å². The Hall–Kier alpha value is -0.950. The summed E-state index contributed by atoms with van der Waals surface area (Å²) < 4.78 is 0. The Balaban J connectivity index is 2.23. The highest BCUT2D eigenvalue weighted by Gasteiger charge is 2.21. The van der Waals surface area contributed by atoms with E-state index in [4.69, 9.17) is 17.3 Å². The zero-order valence-corrected chi connectivity index (χ0v) is 8.85. The summed E-state index contributed by atoms with van der Waals surface area (Å²) in [5.41, 5.74) is 8.73. The first-order valence-corrected chi connectivity index (χ1v) is 5.30. The highest BCUT2D eigenvalue weighted by Crippen LogP contribution is 2.38. The second-order valence-electron chi connectivity index (χ2n) is 3.89. The van der Waals surface area contributed by atoms with Crippen molar-refractivity contribution in [1.29, 1.82) is 0 Å². The number of halogens is 1. The van der Waals surface area contributed by atoms with Gasteiger partial charge in [-0.1, -0.05) is 30.7 Å². The van der Waals surface area contributed by atoms with E-state index in [9.17, 15) is 0 Å². The highest BCUT2D eigenvalue weighted by molar-refractivity contribution is 6.33. The van der Waals surface area contributed by atoms with Crippen LogP contribution in [-0.2, 0) is 0 Å². The fraction of sp³-hybridized carbons (Fsp3) is 0.333. The molecule has 0 bridgehead atoms. The molecule has 0 heterocycles. The number of rotatable bonds is 2. The normalized spacial score (nSPS) is 16.4. The van der Waals surface area contributed by atoms with Crippen LogP contribution in [0.15, 0.2) is 24.8 Å². The number of anilines is 1. The molecule has 1 aliphatic rings. The average molecular weight is 208 g/mol. The molecular weight excluding hydrogens is 194 g/mol. The van der Waals surface area contributed by atoms with Crippen LogP contribution in [0.25, 0.3) is 5.57 Å². The van der Waals surface area contributed by atoms with Crippen LogP contribution >= 0.6 is 11.6 Å². The van der Waals surface area contributed by atoms with Crippen LogP contribution in [0.1, 0.15) is 24.8 Å². The summed E-state index contributed by atoms with van der Waals surface area (Å²) in [7, 11) is 0. The Morgan fingerprint density at radius 3 is 2.64 bits per heavy atom. The monoisotopic (exact) mass is 207 g/mol. The molecule has 74 valence electrons. The van der Waals surface area contributed by atoms with E-state index in [2.05, 4.69) is 6.58 Å². The summed E-state index contributed by atoms with van der Waals surface area (Å²) in [5, 5.41) is 0.621. The van der Waals surface area contributed by atoms with Gasteiger partial charge in [-0.2, -0.15) is 0 Å². The number of hydrogen-bond acceptors (Lipinski definition) is 1. The summed E-state index contributed by atoms with van der Waals surface area (Å²) in [6.45, 7) is 4.12. The molecule has 1 aromatic rings. The molecule has 14 heavy (non-hydrogen) atoms. The lowest BCUT2D eigenvalue weighted by atomic mass is 9.78. The topological polar surface area (TPSA) is 26.0 Å². The summed E-state index contributed by atoms with van der Waals surface area (Å²) in [4.78, 5) is 0. The molecule has 1 aromatic carbocycles. The van der Waals surface area contributed by atoms with Crippen molar-refractivity contribution in [2.24, 2.45) is 5.92 Å². The highest BCUT2D eigenvalue weighted by atomic mass is 35.5. The van der Waals surface area contributed by atoms with Crippen LogP contribution in [0.4, 0.5) is 5.69 Å². The first-order chi connectivity index (χ1) is 6.68. The fourth-order valence-electron chi connectivity index (χ4n) is 1.74. The van der Waals surface area contributed by atoms with E-state index >= 15 is 0 Å². The zero-order valence-electron chi connectivity index (χ0n) is 8.09. The molecule has 2 rings (SSSR count). The molecule has 1 fully saturated rings. The number of allylic oxidation sites excluding steroid dienone is 1. The van der Waals surface area contributed by atoms with Crippen molar-refractivity contribution in [3.8, 4) is 0 Å². The molecule has 2 heteroatoms. The Labute approximate surface area is 89.6 Å². The molecule has 0 atom stereocenters. The van der Waals surface area contributed by atoms with Gasteiger partial charge in [-0.15, -0.1) is 0 Å². The van der Waals surface area contributed by atoms with Crippen molar-refractivity contribution in [3.05, 3.63) is 35.4 Å². The van der Waals surface area contributed by atoms with E-state index in [1.54, 1.807) is 0 Å². The molecule has 0 spiro atoms. The van der Waals surface area contributed by atoms with Gasteiger partial charge in [-0.3, -0.25) is 0 Å². The van der Waals surface area contributed by atoms with Gasteiger partial charge >= 0.3 is 0 Å². The van der Waals surface area contributed by atoms with Gasteiger partial charge in [0.25, 0.3) is 0 Å². The Kier molecular flexibility index (Phi) is 2.51. The number of benzene rings is 1. The molecule has 1 saturated carbocycles. The predicted molar refractivity (Wildman–Crippen MR) is 62.2 cm³/mol. The van der Waals surface area contributed by atoms with Gasteiger partial charge in [0.1, 0.15) is 0 Å². The van der Waals surface area contributed by atoms with Crippen LogP contribution in [-0.4, -0.2) is 0 Å². The lowest BCUT2D eigenvalue weighted by Gasteiger charge is -2.27. The Morgan fingerprint density at radius 2 is 2.14 bits per heavy atom. The average Bonchev–Trinajstić information content (AvgIpc) is 2.06. The molecule has 2 N–H and O–H groups in total. The second kappa shape index (κ2) is 3.66. The Morgan fingerprint density at radius 1 is 1.43 bits per heavy atom. The van der Waals surface area contributed by atoms with Crippen LogP contribution in [0.2, 0.25) is 5.02 Å². The molecule has 0 radical (unpaired) electrons. The van der Waals surface area contributed by atoms with Gasteiger partial charge in [0.05, 0.1) is 10.7 Å². The van der Waals surface area contributed by atoms with E-state index in [0.29, 0.717) is 16.6 Å². The number of nitrogen functional groups attached to an aromatic ring is 1. The van der Waals surface area contributed by atoms with E-state index in [-0.39, 0.29) is 0 Å². The van der Waals surface area contributed by atoms with E-state index in [1.165, 1.54) is 24.8 Å². The van der Waals surface area contributed by atoms with Crippen molar-refractivity contribution >= 4 is 22.9 Å². The van der Waals surface area contributed by atoms with Gasteiger partial charge in [0.15, 0.2) is 0 Å². The fourth-order valence-corrected chi connectivity index (χ4v) is 1.85. The smallest absolute Gasteiger partial charge is 0.0635 e. The van der Waals surface area contributed by atoms with Crippen LogP contribution in [0, 0.1) is 5.92 Å². The van der Waals surface area contributed by atoms with Gasteiger partial charge < -0.3 is 5.73 Å². The largest absolute Gasteiger partial charge is 0.398 e. The van der Waals surface area contributed by atoms with E-state index in [0.717, 1.165) is 5.56 Å². The summed E-state index contributed by atoms with van der Waals surface area (Å²) >= 11 is 5.86. The third-order valence-electron chi connectivity index (χ3n) is 2.96. The molecule has 1 aliphatic carbocycles. The zero-order chi connectivity index (χ0) is 10.1. The minimum Gasteiger partial charge on any atom is -0.398 e. The number of nitrogens with two attached hydrogens (primary N) is 1. The molecular formula is C12H14ClN. The van der Waals surface area contributed by atoms with Gasteiger partial charge in [0.2, 0.25) is 0 Å². The minimum atomic E-state index is 0.621. The molecule has 0 aliphatic heterocycles. The lowest BCUT2D eigenvalue weighted by molar-refractivity contribution is 0.401. The lowest BCUT2D eigenvalue weighted by Crippen LogP contribution is -2.12. The molecule has 0 amide bonds. The molecule has 0 unspecified atom stereocenters. The maximum atomic E-state index is 5.86. The van der Waals surface area contributed by atoms with Crippen LogP contribution < -0.4 is 5.73 Å². The SMILES string of the molecule is C=C(c1ccc(Cl)c(N)c1)C1CCC1. The summed E-state index contributed by atoms with van der Waals surface area (Å²) in [5.74, 6) is 0.663. The maximum absolute atomic E-state index is 5.86. The Bertz CT molecular complexity index is 367. The first-order valence-electron chi connectivity index (χ1n) is 4.92. The summed E-state index contributed by atoms with van der Waals surface area (Å²) in [6.07, 6.45) is 3.86. The maximum Gasteiger partial charge on any atom is 0.0635 e. The van der Waals surface area contributed by atoms with Crippen molar-refractivity contribution in [2.45, 2.75) is 19.3 Å². The predicted octanol–water partition coefficient (Wildman–Crippen LogP) is 3.74. The van der Waals surface area contributed by atoms with Gasteiger partial charge in [-0.05, 0) is 42.0 Å². The molecule has 1 nitrogen and oxygen atoms in total. The second-order valence-corrected chi connectivity index (χ2v) is 4.30. The third-order valence-corrected chi connectivity index (χ3v) is 3.31. The van der Waals surface area contributed by atoms with Gasteiger partial charge in [-0.25, -0.2) is 0 Å². The third kappa shape index (κ3) is 1.64. The van der Waals surface area contributed by atoms with Crippen LogP contribution in [0.5, 0.6) is 0 Å². The first kappa shape index (κ1) is 9.60. The minimum absolute atomic E-state index is 0.621. The quantitative estimate of drug-likeness (QED) is 0.735. The van der Waals surface area contributed by atoms with E-state index < -0.39 is 0 Å². The molecule has 0 aromatic heterocycles. The summed E-state index contributed by atoms with van der Waals surface area (Å²) in [6, 6.07) is 5.76. The van der Waals surface area contributed by atoms with Crippen molar-refractivity contribution < 1.29 is 0 Å².